The molecule has 2 aromatic rings. The maximum absolute atomic E-state index is 4.96. The minimum Gasteiger partial charge on any atom is -0.378 e. The van der Waals surface area contributed by atoms with Crippen molar-refractivity contribution < 1.29 is 0 Å². The van der Waals surface area contributed by atoms with Gasteiger partial charge < -0.3 is 15.1 Å². The van der Waals surface area contributed by atoms with Gasteiger partial charge in [-0.25, -0.2) is 0 Å². The third kappa shape index (κ3) is 6.50. The molecule has 0 atom stereocenters. The van der Waals surface area contributed by atoms with E-state index in [1.165, 1.54) is 22.4 Å². The molecule has 1 N–H and O–H groups in total. The summed E-state index contributed by atoms with van der Waals surface area (Å²) in [5, 5.41) is 3.59. The normalized spacial score (nSPS) is 16.1. The fourth-order valence-corrected chi connectivity index (χ4v) is 4.00. The highest BCUT2D eigenvalue weighted by atomic mass is 15.3. The summed E-state index contributed by atoms with van der Waals surface area (Å²) >= 11 is 0. The number of hydrogen-bond acceptors (Lipinski definition) is 3. The number of aryl methyl sites for hydroxylation is 2. The lowest BCUT2D eigenvalue weighted by Crippen LogP contribution is -2.38. The Morgan fingerprint density at radius 3 is 2.53 bits per heavy atom. The lowest BCUT2D eigenvalue weighted by Gasteiger charge is -2.32. The van der Waals surface area contributed by atoms with Gasteiger partial charge in [0.1, 0.15) is 11.7 Å². The van der Waals surface area contributed by atoms with Crippen LogP contribution in [0.2, 0.25) is 0 Å². The summed E-state index contributed by atoms with van der Waals surface area (Å²) in [6.07, 6.45) is 6.99. The first-order valence-electron chi connectivity index (χ1n) is 12.0. The van der Waals surface area contributed by atoms with Crippen LogP contribution in [-0.4, -0.2) is 42.8 Å². The van der Waals surface area contributed by atoms with E-state index in [-0.39, 0.29) is 0 Å². The summed E-state index contributed by atoms with van der Waals surface area (Å²) in [5.74, 6) is 1.97. The highest BCUT2D eigenvalue weighted by Gasteiger charge is 2.21. The molecule has 1 aliphatic rings. The van der Waals surface area contributed by atoms with E-state index in [4.69, 9.17) is 4.99 Å². The number of rotatable bonds is 10. The largest absolute Gasteiger partial charge is 0.378 e. The molecule has 0 radical (unpaired) electrons. The molecule has 178 valence electrons. The van der Waals surface area contributed by atoms with Crippen LogP contribution in [0.5, 0.6) is 0 Å². The van der Waals surface area contributed by atoms with Gasteiger partial charge in [-0.15, -0.1) is 0 Å². The molecule has 4 nitrogen and oxygen atoms in total. The van der Waals surface area contributed by atoms with Crippen molar-refractivity contribution in [1.29, 1.82) is 0 Å². The molecular weight excluding hydrogens is 416 g/mol. The lowest BCUT2D eigenvalue weighted by molar-refractivity contribution is 0.397. The van der Waals surface area contributed by atoms with Gasteiger partial charge in [0.25, 0.3) is 0 Å². The van der Waals surface area contributed by atoms with Crippen LogP contribution < -0.4 is 5.32 Å². The summed E-state index contributed by atoms with van der Waals surface area (Å²) in [4.78, 5) is 9.34. The summed E-state index contributed by atoms with van der Waals surface area (Å²) in [6, 6.07) is 19.0. The molecule has 4 heteroatoms. The molecule has 0 fully saturated rings. The summed E-state index contributed by atoms with van der Waals surface area (Å²) in [5.41, 5.74) is 7.10. The van der Waals surface area contributed by atoms with Crippen LogP contribution in [0.1, 0.15) is 36.5 Å². The molecule has 1 heterocycles. The molecule has 0 amide bonds. The number of amidine groups is 1. The monoisotopic (exact) mass is 454 g/mol. The van der Waals surface area contributed by atoms with Crippen LogP contribution >= 0.6 is 0 Å². The Labute approximate surface area is 205 Å². The van der Waals surface area contributed by atoms with Crippen LogP contribution in [0, 0.1) is 6.92 Å². The Morgan fingerprint density at radius 1 is 1.12 bits per heavy atom. The fourth-order valence-electron chi connectivity index (χ4n) is 4.00. The number of nitrogens with one attached hydrogen (secondary N) is 1. The Balaban J connectivity index is 1.64. The quantitative estimate of drug-likeness (QED) is 0.437. The highest BCUT2D eigenvalue weighted by molar-refractivity contribution is 6.02. The molecule has 0 aliphatic carbocycles. The van der Waals surface area contributed by atoms with Gasteiger partial charge in [0.2, 0.25) is 0 Å². The first-order valence-corrected chi connectivity index (χ1v) is 12.0. The van der Waals surface area contributed by atoms with E-state index >= 15 is 0 Å². The van der Waals surface area contributed by atoms with Crippen LogP contribution in [-0.2, 0) is 6.42 Å². The first-order chi connectivity index (χ1) is 16.4. The third-order valence-electron chi connectivity index (χ3n) is 6.33. The van der Waals surface area contributed by atoms with Gasteiger partial charge in [-0.1, -0.05) is 73.8 Å². The third-order valence-corrected chi connectivity index (χ3v) is 6.33. The molecule has 0 bridgehead atoms. The Morgan fingerprint density at radius 2 is 1.82 bits per heavy atom. The van der Waals surface area contributed by atoms with Crippen molar-refractivity contribution in [3.05, 3.63) is 114 Å². The van der Waals surface area contributed by atoms with E-state index in [1.54, 1.807) is 0 Å². The minimum absolute atomic E-state index is 0.758. The zero-order valence-corrected chi connectivity index (χ0v) is 21.1. The number of benzene rings is 2. The van der Waals surface area contributed by atoms with Crippen molar-refractivity contribution in [3.8, 4) is 0 Å². The van der Waals surface area contributed by atoms with Gasteiger partial charge in [-0.05, 0) is 49.8 Å². The molecule has 2 aromatic carbocycles. The molecule has 0 aromatic heterocycles. The van der Waals surface area contributed by atoms with Crippen LogP contribution in [0.25, 0.3) is 5.70 Å². The van der Waals surface area contributed by atoms with Crippen molar-refractivity contribution in [2.24, 2.45) is 4.99 Å². The van der Waals surface area contributed by atoms with Gasteiger partial charge in [0.15, 0.2) is 0 Å². The maximum atomic E-state index is 4.96. The van der Waals surface area contributed by atoms with Crippen molar-refractivity contribution in [3.63, 3.8) is 0 Å². The van der Waals surface area contributed by atoms with Gasteiger partial charge in [-0.2, -0.15) is 0 Å². The molecule has 0 spiro atoms. The Hall–Kier alpha value is -3.53. The van der Waals surface area contributed by atoms with Crippen LogP contribution in [0.15, 0.2) is 102 Å². The predicted molar refractivity (Wildman–Crippen MR) is 146 cm³/mol. The summed E-state index contributed by atoms with van der Waals surface area (Å²) in [7, 11) is 4.18. The van der Waals surface area contributed by atoms with Crippen molar-refractivity contribution in [2.45, 2.75) is 33.1 Å². The van der Waals surface area contributed by atoms with E-state index in [0.29, 0.717) is 0 Å². The number of allylic oxidation sites excluding steroid dienone is 3. The van der Waals surface area contributed by atoms with Crippen molar-refractivity contribution >= 4 is 11.5 Å². The number of nitrogens with zero attached hydrogens (tertiary/aromatic N) is 3. The molecule has 0 saturated carbocycles. The second kappa shape index (κ2) is 12.1. The SMILES string of the molecule is C=C/C(C)=C1/NC(c2ccccc2C)=CC(=NCCCN(C)C(=C)CCc2ccccc2)N1C. The van der Waals surface area contributed by atoms with Crippen LogP contribution in [0.4, 0.5) is 0 Å². The number of hydrogen-bond donors (Lipinski definition) is 1. The van der Waals surface area contributed by atoms with E-state index in [0.717, 1.165) is 55.3 Å². The Kier molecular flexibility index (Phi) is 8.92. The average Bonchev–Trinajstić information content (AvgIpc) is 2.86. The topological polar surface area (TPSA) is 30.9 Å². The first kappa shape index (κ1) is 25.1. The molecule has 0 unspecified atom stereocenters. The second-order valence-corrected chi connectivity index (χ2v) is 8.86. The van der Waals surface area contributed by atoms with Gasteiger partial charge >= 0.3 is 0 Å². The highest BCUT2D eigenvalue weighted by Crippen LogP contribution is 2.24. The number of likely N-dealkylation sites (N-methyl/N-ethyl adjacent to an activating group) is 1. The second-order valence-electron chi connectivity index (χ2n) is 8.86. The van der Waals surface area contributed by atoms with Crippen molar-refractivity contribution in [2.75, 3.05) is 27.2 Å². The molecule has 0 saturated heterocycles. The standard InChI is InChI=1S/C30H38N4/c1-7-23(2)30-32-28(27-17-12-11-14-24(27)3)22-29(34(30)6)31-20-13-21-33(5)25(4)18-19-26-15-9-8-10-16-26/h7-12,14-17,22,32H,1,4,13,18-21H2,2-3,5-6H3/b30-23-,31-29?. The van der Waals surface area contributed by atoms with Gasteiger partial charge in [0.05, 0.1) is 5.70 Å². The number of aliphatic imine (C=N–C) groups is 1. The molecule has 3 rings (SSSR count). The van der Waals surface area contributed by atoms with Gasteiger partial charge in [-0.3, -0.25) is 4.99 Å². The fraction of sp³-hybridized carbons (Fsp3) is 0.300. The predicted octanol–water partition coefficient (Wildman–Crippen LogP) is 6.16. The molecular formula is C30H38N4. The average molecular weight is 455 g/mol. The van der Waals surface area contributed by atoms with Crippen molar-refractivity contribution in [1.82, 2.24) is 15.1 Å². The lowest BCUT2D eigenvalue weighted by atomic mass is 10.0. The minimum atomic E-state index is 0.758. The summed E-state index contributed by atoms with van der Waals surface area (Å²) in [6.45, 7) is 14.2. The summed E-state index contributed by atoms with van der Waals surface area (Å²) < 4.78 is 0. The van der Waals surface area contributed by atoms with E-state index in [9.17, 15) is 0 Å². The zero-order valence-electron chi connectivity index (χ0n) is 21.1. The smallest absolute Gasteiger partial charge is 0.130 e. The van der Waals surface area contributed by atoms with Gasteiger partial charge in [0, 0.05) is 44.5 Å². The van der Waals surface area contributed by atoms with Crippen LogP contribution in [0.3, 0.4) is 0 Å². The van der Waals surface area contributed by atoms with E-state index in [2.05, 4.69) is 117 Å². The Bertz CT molecular complexity index is 1090. The van der Waals surface area contributed by atoms with E-state index < -0.39 is 0 Å². The molecule has 1 aliphatic heterocycles. The van der Waals surface area contributed by atoms with E-state index in [1.807, 2.05) is 6.08 Å². The maximum Gasteiger partial charge on any atom is 0.130 e. The zero-order chi connectivity index (χ0) is 24.5. The molecule has 34 heavy (non-hydrogen) atoms.